The average molecular weight is 266 g/mol. The molecule has 0 radical (unpaired) electrons. The number of nitrogens with zero attached hydrogens (tertiary/aromatic N) is 5. The first-order chi connectivity index (χ1) is 9.84. The van der Waals surface area contributed by atoms with Crippen LogP contribution in [0.15, 0.2) is 48.7 Å². The van der Waals surface area contributed by atoms with E-state index in [1.807, 2.05) is 49.4 Å². The highest BCUT2D eigenvalue weighted by atomic mass is 15.6. The van der Waals surface area contributed by atoms with E-state index in [1.54, 1.807) is 10.9 Å². The molecule has 0 aliphatic carbocycles. The van der Waals surface area contributed by atoms with Crippen LogP contribution in [0.25, 0.3) is 5.69 Å². The van der Waals surface area contributed by atoms with Gasteiger partial charge in [-0.3, -0.25) is 4.98 Å². The van der Waals surface area contributed by atoms with Crippen molar-refractivity contribution in [3.63, 3.8) is 0 Å². The van der Waals surface area contributed by atoms with E-state index in [1.165, 1.54) is 0 Å². The molecular weight excluding hydrogens is 252 g/mol. The van der Waals surface area contributed by atoms with Gasteiger partial charge in [-0.25, -0.2) is 0 Å². The minimum atomic E-state index is 0.583. The first-order valence-corrected chi connectivity index (χ1v) is 6.33. The molecule has 2 heterocycles. The van der Waals surface area contributed by atoms with E-state index in [0.717, 1.165) is 16.9 Å². The lowest BCUT2D eigenvalue weighted by Crippen LogP contribution is -2.09. The molecule has 0 unspecified atom stereocenters. The van der Waals surface area contributed by atoms with Crippen LogP contribution in [-0.4, -0.2) is 25.2 Å². The fourth-order valence-electron chi connectivity index (χ4n) is 1.91. The first-order valence-electron chi connectivity index (χ1n) is 6.33. The van der Waals surface area contributed by atoms with E-state index >= 15 is 0 Å². The highest BCUT2D eigenvalue weighted by molar-refractivity contribution is 5.38. The lowest BCUT2D eigenvalue weighted by Gasteiger charge is -2.08. The minimum Gasteiger partial charge on any atom is -0.347 e. The maximum atomic E-state index is 4.34. The fourth-order valence-corrected chi connectivity index (χ4v) is 1.91. The van der Waals surface area contributed by atoms with E-state index in [2.05, 4.69) is 25.8 Å². The molecule has 2 aromatic heterocycles. The van der Waals surface area contributed by atoms with Gasteiger partial charge in [0.2, 0.25) is 5.95 Å². The number of rotatable bonds is 4. The summed E-state index contributed by atoms with van der Waals surface area (Å²) in [6.07, 6.45) is 1.78. The Hall–Kier alpha value is -2.76. The molecule has 0 amide bonds. The second-order valence-electron chi connectivity index (χ2n) is 4.37. The van der Waals surface area contributed by atoms with Gasteiger partial charge in [0.1, 0.15) is 0 Å². The fraction of sp³-hybridized carbons (Fsp3) is 0.143. The second kappa shape index (κ2) is 5.48. The van der Waals surface area contributed by atoms with Gasteiger partial charge in [-0.05, 0) is 41.1 Å². The van der Waals surface area contributed by atoms with E-state index in [4.69, 9.17) is 0 Å². The molecule has 0 saturated heterocycles. The number of pyridine rings is 1. The van der Waals surface area contributed by atoms with Gasteiger partial charge in [0.05, 0.1) is 17.9 Å². The Morgan fingerprint density at radius 2 is 1.95 bits per heavy atom. The van der Waals surface area contributed by atoms with Crippen LogP contribution in [0.1, 0.15) is 11.3 Å². The molecule has 100 valence electrons. The molecule has 20 heavy (non-hydrogen) atoms. The Labute approximate surface area is 116 Å². The molecule has 6 heteroatoms. The van der Waals surface area contributed by atoms with Crippen LogP contribution in [-0.2, 0) is 6.54 Å². The molecule has 0 atom stereocenters. The molecule has 6 nitrogen and oxygen atoms in total. The monoisotopic (exact) mass is 266 g/mol. The molecule has 3 rings (SSSR count). The van der Waals surface area contributed by atoms with Gasteiger partial charge in [0, 0.05) is 6.20 Å². The third-order valence-corrected chi connectivity index (χ3v) is 3.00. The molecule has 0 bridgehead atoms. The first kappa shape index (κ1) is 12.3. The predicted octanol–water partition coefficient (Wildman–Crippen LogP) is 1.98. The predicted molar refractivity (Wildman–Crippen MR) is 75.5 cm³/mol. The zero-order chi connectivity index (χ0) is 13.8. The summed E-state index contributed by atoms with van der Waals surface area (Å²) in [6, 6.07) is 13.7. The smallest absolute Gasteiger partial charge is 0.248 e. The summed E-state index contributed by atoms with van der Waals surface area (Å²) in [6.45, 7) is 2.62. The van der Waals surface area contributed by atoms with Gasteiger partial charge in [-0.15, -0.1) is 0 Å². The van der Waals surface area contributed by atoms with Gasteiger partial charge in [-0.2, -0.15) is 4.68 Å². The van der Waals surface area contributed by atoms with Gasteiger partial charge in [-0.1, -0.05) is 29.4 Å². The maximum Gasteiger partial charge on any atom is 0.248 e. The minimum absolute atomic E-state index is 0.583. The van der Waals surface area contributed by atoms with E-state index in [9.17, 15) is 0 Å². The van der Waals surface area contributed by atoms with Crippen LogP contribution in [0, 0.1) is 6.92 Å². The van der Waals surface area contributed by atoms with Crippen molar-refractivity contribution in [2.24, 2.45) is 0 Å². The number of anilines is 1. The Morgan fingerprint density at radius 3 is 2.75 bits per heavy atom. The Morgan fingerprint density at radius 1 is 1.10 bits per heavy atom. The van der Waals surface area contributed by atoms with Crippen LogP contribution < -0.4 is 5.32 Å². The largest absolute Gasteiger partial charge is 0.347 e. The quantitative estimate of drug-likeness (QED) is 0.782. The number of hydrogen-bond donors (Lipinski definition) is 1. The van der Waals surface area contributed by atoms with Crippen LogP contribution >= 0.6 is 0 Å². The van der Waals surface area contributed by atoms with E-state index in [0.29, 0.717) is 12.5 Å². The summed E-state index contributed by atoms with van der Waals surface area (Å²) in [4.78, 5) is 4.34. The van der Waals surface area contributed by atoms with E-state index < -0.39 is 0 Å². The number of tetrazole rings is 1. The van der Waals surface area contributed by atoms with Crippen LogP contribution in [0.4, 0.5) is 5.95 Å². The molecule has 3 aromatic rings. The van der Waals surface area contributed by atoms with Gasteiger partial charge < -0.3 is 5.32 Å². The van der Waals surface area contributed by atoms with Crippen molar-refractivity contribution in [3.8, 4) is 5.69 Å². The zero-order valence-corrected chi connectivity index (χ0v) is 11.1. The maximum absolute atomic E-state index is 4.34. The van der Waals surface area contributed by atoms with Crippen molar-refractivity contribution >= 4 is 5.95 Å². The Bertz CT molecular complexity index is 692. The van der Waals surface area contributed by atoms with Crippen molar-refractivity contribution in [3.05, 3.63) is 59.9 Å². The third-order valence-electron chi connectivity index (χ3n) is 3.00. The van der Waals surface area contributed by atoms with Crippen LogP contribution in [0.3, 0.4) is 0 Å². The molecule has 1 aromatic carbocycles. The van der Waals surface area contributed by atoms with E-state index in [-0.39, 0.29) is 0 Å². The molecule has 0 fully saturated rings. The molecule has 1 N–H and O–H groups in total. The number of benzene rings is 1. The molecule has 0 spiro atoms. The highest BCUT2D eigenvalue weighted by Gasteiger charge is 2.08. The summed E-state index contributed by atoms with van der Waals surface area (Å²) in [5.41, 5.74) is 3.03. The Kier molecular flexibility index (Phi) is 3.36. The number of nitrogens with one attached hydrogen (secondary N) is 1. The van der Waals surface area contributed by atoms with Crippen LogP contribution in [0.2, 0.25) is 0 Å². The van der Waals surface area contributed by atoms with Crippen LogP contribution in [0.5, 0.6) is 0 Å². The van der Waals surface area contributed by atoms with Gasteiger partial charge >= 0.3 is 0 Å². The Balaban J connectivity index is 1.80. The lowest BCUT2D eigenvalue weighted by molar-refractivity contribution is 0.788. The molecular formula is C14H14N6. The van der Waals surface area contributed by atoms with Gasteiger partial charge in [0.25, 0.3) is 0 Å². The summed E-state index contributed by atoms with van der Waals surface area (Å²) >= 11 is 0. The highest BCUT2D eigenvalue weighted by Crippen LogP contribution is 2.12. The third kappa shape index (κ3) is 2.49. The lowest BCUT2D eigenvalue weighted by atomic mass is 10.2. The van der Waals surface area contributed by atoms with Crippen molar-refractivity contribution in [1.29, 1.82) is 0 Å². The van der Waals surface area contributed by atoms with Crippen molar-refractivity contribution < 1.29 is 0 Å². The number of aryl methyl sites for hydroxylation is 1. The van der Waals surface area contributed by atoms with Crippen molar-refractivity contribution in [2.45, 2.75) is 13.5 Å². The topological polar surface area (TPSA) is 68.5 Å². The summed E-state index contributed by atoms with van der Waals surface area (Å²) in [5, 5.41) is 14.9. The zero-order valence-electron chi connectivity index (χ0n) is 11.1. The normalized spacial score (nSPS) is 10.4. The average Bonchev–Trinajstić information content (AvgIpc) is 2.96. The van der Waals surface area contributed by atoms with Crippen molar-refractivity contribution in [1.82, 2.24) is 25.2 Å². The summed E-state index contributed by atoms with van der Waals surface area (Å²) < 4.78 is 1.66. The van der Waals surface area contributed by atoms with Gasteiger partial charge in [0.15, 0.2) is 0 Å². The number of hydrogen-bond acceptors (Lipinski definition) is 5. The number of para-hydroxylation sites is 1. The number of aromatic nitrogens is 5. The SMILES string of the molecule is Cc1cccnc1CNc1nnnn1-c1ccccc1. The summed E-state index contributed by atoms with van der Waals surface area (Å²) in [7, 11) is 0. The molecule has 0 aliphatic heterocycles. The standard InChI is InChI=1S/C14H14N6/c1-11-6-5-9-15-13(11)10-16-14-17-18-19-20(14)12-7-3-2-4-8-12/h2-9H,10H2,1H3,(H,16,17,19). The second-order valence-corrected chi connectivity index (χ2v) is 4.37. The molecule has 0 aliphatic rings. The van der Waals surface area contributed by atoms with Crippen molar-refractivity contribution in [2.75, 3.05) is 5.32 Å². The summed E-state index contributed by atoms with van der Waals surface area (Å²) in [5.74, 6) is 0.598. The molecule has 0 saturated carbocycles.